The number of halogens is 1. The zero-order valence-corrected chi connectivity index (χ0v) is 13.7. The average molecular weight is 304 g/mol. The standard InChI is InChI=1S/C17H22ClN3/c1-4-12(2)10-13(3)21-15-7-5-6-14(11-19)17(15)20-16(21)8-9-18/h5-7,12-13H,4,8-10H2,1-3H3. The summed E-state index contributed by atoms with van der Waals surface area (Å²) >= 11 is 5.93. The van der Waals surface area contributed by atoms with Crippen LogP contribution in [-0.4, -0.2) is 15.4 Å². The highest BCUT2D eigenvalue weighted by Crippen LogP contribution is 2.28. The van der Waals surface area contributed by atoms with Gasteiger partial charge in [0.15, 0.2) is 0 Å². The smallest absolute Gasteiger partial charge is 0.111 e. The summed E-state index contributed by atoms with van der Waals surface area (Å²) in [6.07, 6.45) is 3.01. The Balaban J connectivity index is 2.54. The van der Waals surface area contributed by atoms with Crippen LogP contribution in [0.15, 0.2) is 18.2 Å². The Hall–Kier alpha value is -1.53. The van der Waals surface area contributed by atoms with Crippen molar-refractivity contribution in [1.29, 1.82) is 5.26 Å². The summed E-state index contributed by atoms with van der Waals surface area (Å²) in [7, 11) is 0. The third-order valence-electron chi connectivity index (χ3n) is 4.11. The van der Waals surface area contributed by atoms with Crippen LogP contribution < -0.4 is 0 Å². The molecule has 112 valence electrons. The number of alkyl halides is 1. The molecule has 0 saturated carbocycles. The Kier molecular flexibility index (Phi) is 5.25. The first-order valence-corrected chi connectivity index (χ1v) is 8.11. The van der Waals surface area contributed by atoms with Gasteiger partial charge in [0.2, 0.25) is 0 Å². The summed E-state index contributed by atoms with van der Waals surface area (Å²) < 4.78 is 2.27. The minimum absolute atomic E-state index is 0.358. The van der Waals surface area contributed by atoms with E-state index in [0.29, 0.717) is 23.4 Å². The van der Waals surface area contributed by atoms with E-state index in [1.54, 1.807) is 0 Å². The number of aryl methyl sites for hydroxylation is 1. The lowest BCUT2D eigenvalue weighted by atomic mass is 10.00. The zero-order chi connectivity index (χ0) is 15.4. The van der Waals surface area contributed by atoms with E-state index in [4.69, 9.17) is 11.6 Å². The summed E-state index contributed by atoms with van der Waals surface area (Å²) in [6, 6.07) is 8.40. The van der Waals surface area contributed by atoms with Crippen LogP contribution in [-0.2, 0) is 6.42 Å². The van der Waals surface area contributed by atoms with E-state index >= 15 is 0 Å². The summed E-state index contributed by atoms with van der Waals surface area (Å²) in [6.45, 7) is 6.72. The topological polar surface area (TPSA) is 41.6 Å². The molecule has 0 bridgehead atoms. The van der Waals surface area contributed by atoms with Gasteiger partial charge in [-0.25, -0.2) is 4.98 Å². The van der Waals surface area contributed by atoms with E-state index in [0.717, 1.165) is 29.7 Å². The van der Waals surface area contributed by atoms with Crippen LogP contribution in [0.4, 0.5) is 0 Å². The number of nitrogens with zero attached hydrogens (tertiary/aromatic N) is 3. The van der Waals surface area contributed by atoms with Gasteiger partial charge in [0.25, 0.3) is 0 Å². The van der Waals surface area contributed by atoms with Crippen molar-refractivity contribution in [3.63, 3.8) is 0 Å². The molecule has 21 heavy (non-hydrogen) atoms. The number of rotatable bonds is 6. The monoisotopic (exact) mass is 303 g/mol. The van der Waals surface area contributed by atoms with Crippen LogP contribution in [0.25, 0.3) is 11.0 Å². The number of hydrogen-bond donors (Lipinski definition) is 0. The summed E-state index contributed by atoms with van der Waals surface area (Å²) in [5.41, 5.74) is 2.49. The van der Waals surface area contributed by atoms with Gasteiger partial charge in [-0.05, 0) is 31.4 Å². The average Bonchev–Trinajstić information content (AvgIpc) is 2.85. The Labute approximate surface area is 131 Å². The van der Waals surface area contributed by atoms with Crippen LogP contribution >= 0.6 is 11.6 Å². The molecule has 1 aromatic heterocycles. The van der Waals surface area contributed by atoms with Gasteiger partial charge in [-0.15, -0.1) is 11.6 Å². The minimum Gasteiger partial charge on any atom is -0.325 e. The van der Waals surface area contributed by atoms with E-state index in [1.807, 2.05) is 18.2 Å². The molecule has 3 nitrogen and oxygen atoms in total. The molecule has 2 unspecified atom stereocenters. The summed E-state index contributed by atoms with van der Waals surface area (Å²) in [5.74, 6) is 2.19. The minimum atomic E-state index is 0.358. The predicted molar refractivity (Wildman–Crippen MR) is 87.7 cm³/mol. The Bertz CT molecular complexity index is 654. The van der Waals surface area contributed by atoms with Crippen molar-refractivity contribution in [1.82, 2.24) is 9.55 Å². The maximum absolute atomic E-state index is 9.26. The second-order valence-corrected chi connectivity index (χ2v) is 6.10. The van der Waals surface area contributed by atoms with Crippen LogP contribution in [0.1, 0.15) is 51.0 Å². The molecule has 2 rings (SSSR count). The fourth-order valence-corrected chi connectivity index (χ4v) is 3.03. The maximum atomic E-state index is 9.26. The molecule has 0 aliphatic carbocycles. The molecular formula is C17H22ClN3. The highest BCUT2D eigenvalue weighted by Gasteiger charge is 2.18. The second-order valence-electron chi connectivity index (χ2n) is 5.72. The van der Waals surface area contributed by atoms with Crippen molar-refractivity contribution >= 4 is 22.6 Å². The van der Waals surface area contributed by atoms with Crippen LogP contribution in [0.2, 0.25) is 0 Å². The molecule has 0 amide bonds. The van der Waals surface area contributed by atoms with Gasteiger partial charge in [0.05, 0.1) is 11.1 Å². The molecule has 0 N–H and O–H groups in total. The van der Waals surface area contributed by atoms with Crippen molar-refractivity contribution < 1.29 is 0 Å². The number of fused-ring (bicyclic) bond motifs is 1. The number of imidazole rings is 1. The molecule has 4 heteroatoms. The lowest BCUT2D eigenvalue weighted by Crippen LogP contribution is -2.13. The van der Waals surface area contributed by atoms with Gasteiger partial charge in [-0.2, -0.15) is 5.26 Å². The molecule has 0 aliphatic rings. The molecular weight excluding hydrogens is 282 g/mol. The van der Waals surface area contributed by atoms with Gasteiger partial charge < -0.3 is 4.57 Å². The van der Waals surface area contributed by atoms with Gasteiger partial charge in [-0.1, -0.05) is 26.3 Å². The first kappa shape index (κ1) is 15.9. The third kappa shape index (κ3) is 3.22. The largest absolute Gasteiger partial charge is 0.325 e. The summed E-state index contributed by atoms with van der Waals surface area (Å²) in [5, 5.41) is 9.26. The first-order chi connectivity index (χ1) is 10.1. The van der Waals surface area contributed by atoms with Gasteiger partial charge >= 0.3 is 0 Å². The number of benzene rings is 1. The number of para-hydroxylation sites is 1. The number of nitriles is 1. The van der Waals surface area contributed by atoms with Crippen molar-refractivity contribution in [3.8, 4) is 6.07 Å². The van der Waals surface area contributed by atoms with Crippen LogP contribution in [0.5, 0.6) is 0 Å². The molecule has 0 aliphatic heterocycles. The molecule has 2 aromatic rings. The SMILES string of the molecule is CCC(C)CC(C)n1c(CCCl)nc2c(C#N)cccc21. The van der Waals surface area contributed by atoms with Gasteiger partial charge in [-0.3, -0.25) is 0 Å². The molecule has 0 spiro atoms. The zero-order valence-electron chi connectivity index (χ0n) is 12.9. The van der Waals surface area contributed by atoms with Gasteiger partial charge in [0.1, 0.15) is 17.4 Å². The number of aromatic nitrogens is 2. The summed E-state index contributed by atoms with van der Waals surface area (Å²) in [4.78, 5) is 4.68. The molecule has 2 atom stereocenters. The molecule has 0 radical (unpaired) electrons. The Morgan fingerprint density at radius 1 is 1.38 bits per heavy atom. The Morgan fingerprint density at radius 2 is 2.14 bits per heavy atom. The fraction of sp³-hybridized carbons (Fsp3) is 0.529. The van der Waals surface area contributed by atoms with Crippen molar-refractivity contribution in [2.75, 3.05) is 5.88 Å². The lowest BCUT2D eigenvalue weighted by Gasteiger charge is -2.20. The van der Waals surface area contributed by atoms with Crippen LogP contribution in [0, 0.1) is 17.2 Å². The number of hydrogen-bond acceptors (Lipinski definition) is 2. The van der Waals surface area contributed by atoms with Crippen molar-refractivity contribution in [2.45, 2.75) is 46.1 Å². The van der Waals surface area contributed by atoms with Crippen LogP contribution in [0.3, 0.4) is 0 Å². The maximum Gasteiger partial charge on any atom is 0.111 e. The highest BCUT2D eigenvalue weighted by atomic mass is 35.5. The van der Waals surface area contributed by atoms with E-state index in [2.05, 4.69) is 36.4 Å². The molecule has 1 aromatic carbocycles. The van der Waals surface area contributed by atoms with E-state index in [-0.39, 0.29) is 0 Å². The van der Waals surface area contributed by atoms with E-state index < -0.39 is 0 Å². The predicted octanol–water partition coefficient (Wildman–Crippen LogP) is 4.69. The molecule has 0 saturated heterocycles. The normalized spacial score (nSPS) is 14.0. The third-order valence-corrected chi connectivity index (χ3v) is 4.30. The van der Waals surface area contributed by atoms with Crippen molar-refractivity contribution in [2.24, 2.45) is 5.92 Å². The second kappa shape index (κ2) is 6.95. The van der Waals surface area contributed by atoms with E-state index in [9.17, 15) is 5.26 Å². The van der Waals surface area contributed by atoms with Crippen molar-refractivity contribution in [3.05, 3.63) is 29.6 Å². The molecule has 0 fully saturated rings. The molecule has 1 heterocycles. The van der Waals surface area contributed by atoms with E-state index in [1.165, 1.54) is 6.42 Å². The fourth-order valence-electron chi connectivity index (χ4n) is 2.86. The lowest BCUT2D eigenvalue weighted by molar-refractivity contribution is 0.397. The first-order valence-electron chi connectivity index (χ1n) is 7.58. The quantitative estimate of drug-likeness (QED) is 0.727. The Morgan fingerprint density at radius 3 is 2.76 bits per heavy atom. The highest BCUT2D eigenvalue weighted by molar-refractivity contribution is 6.17. The van der Waals surface area contributed by atoms with Gasteiger partial charge in [0, 0.05) is 18.3 Å².